The van der Waals surface area contributed by atoms with Crippen LogP contribution in [0.15, 0.2) is 29.3 Å². The Morgan fingerprint density at radius 3 is 2.67 bits per heavy atom. The van der Waals surface area contributed by atoms with Crippen LogP contribution < -0.4 is 20.7 Å². The first-order valence-electron chi connectivity index (χ1n) is 8.54. The van der Waals surface area contributed by atoms with Crippen LogP contribution in [-0.4, -0.2) is 38.1 Å². The van der Waals surface area contributed by atoms with Crippen LogP contribution in [0.25, 0.3) is 0 Å². The third kappa shape index (κ3) is 7.35. The Kier molecular flexibility index (Phi) is 9.34. The maximum absolute atomic E-state index is 11.8. The van der Waals surface area contributed by atoms with Crippen LogP contribution in [0.2, 0.25) is 0 Å². The monoisotopic (exact) mass is 334 g/mol. The fourth-order valence-corrected chi connectivity index (χ4v) is 2.08. The molecular weight excluding hydrogens is 304 g/mol. The lowest BCUT2D eigenvalue weighted by molar-refractivity contribution is -0.121. The van der Waals surface area contributed by atoms with Gasteiger partial charge in [0, 0.05) is 31.1 Å². The van der Waals surface area contributed by atoms with Crippen molar-refractivity contribution in [2.24, 2.45) is 4.99 Å². The van der Waals surface area contributed by atoms with Crippen LogP contribution in [0.1, 0.15) is 39.2 Å². The van der Waals surface area contributed by atoms with Crippen molar-refractivity contribution in [1.82, 2.24) is 16.0 Å². The number of hydrogen-bond donors (Lipinski definition) is 3. The highest BCUT2D eigenvalue weighted by atomic mass is 16.5. The van der Waals surface area contributed by atoms with E-state index in [0.717, 1.165) is 24.3 Å². The third-order valence-corrected chi connectivity index (χ3v) is 3.61. The number of amides is 1. The molecule has 0 fully saturated rings. The number of carbonyl (C=O) groups excluding carboxylic acids is 1. The predicted octanol–water partition coefficient (Wildman–Crippen LogP) is 2.06. The highest BCUT2D eigenvalue weighted by Gasteiger charge is 2.06. The molecule has 0 heterocycles. The Morgan fingerprint density at radius 2 is 2.00 bits per heavy atom. The summed E-state index contributed by atoms with van der Waals surface area (Å²) in [5.41, 5.74) is 1.02. The highest BCUT2D eigenvalue weighted by Crippen LogP contribution is 2.17. The van der Waals surface area contributed by atoms with Gasteiger partial charge >= 0.3 is 0 Å². The van der Waals surface area contributed by atoms with Crippen LogP contribution in [-0.2, 0) is 11.3 Å². The molecule has 24 heavy (non-hydrogen) atoms. The number of nitrogens with zero attached hydrogens (tertiary/aromatic N) is 1. The predicted molar refractivity (Wildman–Crippen MR) is 98.3 cm³/mol. The largest absolute Gasteiger partial charge is 0.496 e. The lowest BCUT2D eigenvalue weighted by atomic mass is 10.2. The molecule has 0 saturated heterocycles. The minimum absolute atomic E-state index is 0.0532. The molecule has 0 aliphatic rings. The van der Waals surface area contributed by atoms with Gasteiger partial charge in [0.15, 0.2) is 5.96 Å². The molecule has 0 aromatic heterocycles. The third-order valence-electron chi connectivity index (χ3n) is 3.61. The van der Waals surface area contributed by atoms with Crippen molar-refractivity contribution in [1.29, 1.82) is 0 Å². The Morgan fingerprint density at radius 1 is 1.25 bits per heavy atom. The second-order valence-electron chi connectivity index (χ2n) is 5.56. The van der Waals surface area contributed by atoms with Crippen molar-refractivity contribution in [3.63, 3.8) is 0 Å². The molecule has 0 spiro atoms. The van der Waals surface area contributed by atoms with Gasteiger partial charge < -0.3 is 20.7 Å². The number of nitrogens with one attached hydrogen (secondary N) is 3. The van der Waals surface area contributed by atoms with Gasteiger partial charge in [-0.2, -0.15) is 0 Å². The SMILES string of the molecule is CCNC(=NCc1ccccc1OC)NCCC(=O)NC(C)CC. The van der Waals surface area contributed by atoms with E-state index in [0.29, 0.717) is 25.5 Å². The molecule has 134 valence electrons. The zero-order chi connectivity index (χ0) is 17.8. The smallest absolute Gasteiger partial charge is 0.221 e. The number of para-hydroxylation sites is 1. The molecule has 6 nitrogen and oxygen atoms in total. The Hall–Kier alpha value is -2.24. The van der Waals surface area contributed by atoms with E-state index in [1.165, 1.54) is 0 Å². The van der Waals surface area contributed by atoms with E-state index in [2.05, 4.69) is 27.9 Å². The quantitative estimate of drug-likeness (QED) is 0.477. The maximum Gasteiger partial charge on any atom is 0.221 e. The molecule has 0 saturated carbocycles. The van der Waals surface area contributed by atoms with Gasteiger partial charge in [-0.3, -0.25) is 4.79 Å². The molecule has 1 amide bonds. The lowest BCUT2D eigenvalue weighted by Gasteiger charge is -2.14. The van der Waals surface area contributed by atoms with Gasteiger partial charge in [-0.25, -0.2) is 4.99 Å². The van der Waals surface area contributed by atoms with E-state index in [1.807, 2.05) is 38.1 Å². The number of rotatable bonds is 9. The molecule has 1 atom stereocenters. The Balaban J connectivity index is 2.52. The van der Waals surface area contributed by atoms with Crippen LogP contribution in [0.5, 0.6) is 5.75 Å². The minimum atomic E-state index is 0.0532. The number of aliphatic imine (C=N–C) groups is 1. The van der Waals surface area contributed by atoms with Crippen LogP contribution in [0, 0.1) is 0 Å². The molecular formula is C18H30N4O2. The first-order chi connectivity index (χ1) is 11.6. The standard InChI is InChI=1S/C18H30N4O2/c1-5-14(3)22-17(23)11-12-20-18(19-6-2)21-13-15-9-7-8-10-16(15)24-4/h7-10,14H,5-6,11-13H2,1-4H3,(H,22,23)(H2,19,20,21). The minimum Gasteiger partial charge on any atom is -0.496 e. The summed E-state index contributed by atoms with van der Waals surface area (Å²) in [6, 6.07) is 8.03. The van der Waals surface area contributed by atoms with E-state index in [-0.39, 0.29) is 11.9 Å². The van der Waals surface area contributed by atoms with Gasteiger partial charge in [0.05, 0.1) is 13.7 Å². The Labute approximate surface area is 145 Å². The fraction of sp³-hybridized carbons (Fsp3) is 0.556. The van der Waals surface area contributed by atoms with E-state index < -0.39 is 0 Å². The second-order valence-corrected chi connectivity index (χ2v) is 5.56. The Bertz CT molecular complexity index is 532. The molecule has 1 unspecified atom stereocenters. The molecule has 0 radical (unpaired) electrons. The molecule has 0 bridgehead atoms. The number of hydrogen-bond acceptors (Lipinski definition) is 3. The van der Waals surface area contributed by atoms with Crippen molar-refractivity contribution in [2.45, 2.75) is 46.2 Å². The van der Waals surface area contributed by atoms with Crippen molar-refractivity contribution in [3.05, 3.63) is 29.8 Å². The number of methoxy groups -OCH3 is 1. The van der Waals surface area contributed by atoms with Gasteiger partial charge in [0.1, 0.15) is 5.75 Å². The summed E-state index contributed by atoms with van der Waals surface area (Å²) in [4.78, 5) is 16.3. The number of guanidine groups is 1. The summed E-state index contributed by atoms with van der Waals surface area (Å²) in [5.74, 6) is 1.57. The fourth-order valence-electron chi connectivity index (χ4n) is 2.08. The van der Waals surface area contributed by atoms with Crippen LogP contribution in [0.3, 0.4) is 0 Å². The molecule has 6 heteroatoms. The van der Waals surface area contributed by atoms with E-state index in [9.17, 15) is 4.79 Å². The molecule has 0 aliphatic heterocycles. The maximum atomic E-state index is 11.8. The number of carbonyl (C=O) groups is 1. The molecule has 1 aromatic carbocycles. The zero-order valence-corrected chi connectivity index (χ0v) is 15.2. The van der Waals surface area contributed by atoms with Gasteiger partial charge in [0.2, 0.25) is 5.91 Å². The summed E-state index contributed by atoms with van der Waals surface area (Å²) in [5, 5.41) is 9.32. The summed E-state index contributed by atoms with van der Waals surface area (Å²) in [6.45, 7) is 7.88. The van der Waals surface area contributed by atoms with Gasteiger partial charge in [-0.1, -0.05) is 25.1 Å². The molecule has 3 N–H and O–H groups in total. The van der Waals surface area contributed by atoms with Gasteiger partial charge in [-0.15, -0.1) is 0 Å². The van der Waals surface area contributed by atoms with Crippen LogP contribution >= 0.6 is 0 Å². The normalized spacial score (nSPS) is 12.4. The number of benzene rings is 1. The van der Waals surface area contributed by atoms with Crippen molar-refractivity contribution >= 4 is 11.9 Å². The average molecular weight is 334 g/mol. The molecule has 0 aliphatic carbocycles. The molecule has 1 aromatic rings. The van der Waals surface area contributed by atoms with Crippen molar-refractivity contribution < 1.29 is 9.53 Å². The topological polar surface area (TPSA) is 74.8 Å². The first kappa shape index (κ1) is 19.8. The van der Waals surface area contributed by atoms with Gasteiger partial charge in [0.25, 0.3) is 0 Å². The zero-order valence-electron chi connectivity index (χ0n) is 15.2. The van der Waals surface area contributed by atoms with E-state index in [1.54, 1.807) is 7.11 Å². The van der Waals surface area contributed by atoms with Crippen LogP contribution in [0.4, 0.5) is 0 Å². The van der Waals surface area contributed by atoms with E-state index >= 15 is 0 Å². The van der Waals surface area contributed by atoms with Crippen molar-refractivity contribution in [3.8, 4) is 5.75 Å². The van der Waals surface area contributed by atoms with Gasteiger partial charge in [-0.05, 0) is 26.3 Å². The van der Waals surface area contributed by atoms with E-state index in [4.69, 9.17) is 4.74 Å². The average Bonchev–Trinajstić information content (AvgIpc) is 2.59. The lowest BCUT2D eigenvalue weighted by Crippen LogP contribution is -2.40. The summed E-state index contributed by atoms with van der Waals surface area (Å²) >= 11 is 0. The van der Waals surface area contributed by atoms with Crippen molar-refractivity contribution in [2.75, 3.05) is 20.2 Å². The second kappa shape index (κ2) is 11.3. The number of ether oxygens (including phenoxy) is 1. The summed E-state index contributed by atoms with van der Waals surface area (Å²) in [7, 11) is 1.65. The summed E-state index contributed by atoms with van der Waals surface area (Å²) in [6.07, 6.45) is 1.35. The highest BCUT2D eigenvalue weighted by molar-refractivity contribution is 5.81. The first-order valence-corrected chi connectivity index (χ1v) is 8.54. The summed E-state index contributed by atoms with van der Waals surface area (Å²) < 4.78 is 5.33. The molecule has 1 rings (SSSR count).